The lowest BCUT2D eigenvalue weighted by molar-refractivity contribution is -0.119. The molecule has 1 aromatic heterocycles. The summed E-state index contributed by atoms with van der Waals surface area (Å²) < 4.78 is 0. The van der Waals surface area contributed by atoms with Crippen LogP contribution in [0.15, 0.2) is 29.1 Å². The molecule has 2 unspecified atom stereocenters. The van der Waals surface area contributed by atoms with Crippen LogP contribution in [-0.2, 0) is 4.79 Å². The van der Waals surface area contributed by atoms with Crippen molar-refractivity contribution < 1.29 is 4.79 Å². The van der Waals surface area contributed by atoms with Gasteiger partial charge in [-0.05, 0) is 30.5 Å². The quantitative estimate of drug-likeness (QED) is 0.698. The first-order chi connectivity index (χ1) is 11.0. The SMILES string of the molecule is CC1CCCC(N)c2cc(cc(=O)[nH]2)-c2cc#ccc2NC1=O. The summed E-state index contributed by atoms with van der Waals surface area (Å²) >= 11 is 0. The molecule has 0 radical (unpaired) electrons. The Hall–Kier alpha value is -2.58. The molecule has 2 heterocycles. The third kappa shape index (κ3) is 3.27. The van der Waals surface area contributed by atoms with Crippen LogP contribution >= 0.6 is 0 Å². The van der Waals surface area contributed by atoms with Gasteiger partial charge in [0.15, 0.2) is 0 Å². The highest BCUT2D eigenvalue weighted by molar-refractivity contribution is 5.96. The van der Waals surface area contributed by atoms with E-state index >= 15 is 0 Å². The average molecular weight is 309 g/mol. The van der Waals surface area contributed by atoms with Crippen LogP contribution in [0.2, 0.25) is 0 Å². The number of hydrogen-bond donors (Lipinski definition) is 3. The lowest BCUT2D eigenvalue weighted by Crippen LogP contribution is -2.23. The minimum atomic E-state index is -0.250. The summed E-state index contributed by atoms with van der Waals surface area (Å²) in [7, 11) is 0. The van der Waals surface area contributed by atoms with Crippen LogP contribution in [-0.4, -0.2) is 10.9 Å². The van der Waals surface area contributed by atoms with Crippen molar-refractivity contribution in [1.29, 1.82) is 0 Å². The minimum Gasteiger partial charge on any atom is -0.325 e. The van der Waals surface area contributed by atoms with Crippen molar-refractivity contribution >= 4 is 11.6 Å². The molecule has 0 spiro atoms. The van der Waals surface area contributed by atoms with E-state index in [1.54, 1.807) is 12.1 Å². The smallest absolute Gasteiger partial charge is 0.248 e. The predicted molar refractivity (Wildman–Crippen MR) is 88.7 cm³/mol. The van der Waals surface area contributed by atoms with Gasteiger partial charge in [0.05, 0.1) is 5.69 Å². The number of aromatic nitrogens is 1. The number of nitrogens with two attached hydrogens (primary N) is 1. The number of H-pyrrole nitrogens is 1. The van der Waals surface area contributed by atoms with E-state index in [9.17, 15) is 9.59 Å². The van der Waals surface area contributed by atoms with Crippen LogP contribution in [0.3, 0.4) is 0 Å². The highest BCUT2D eigenvalue weighted by Crippen LogP contribution is 2.29. The Morgan fingerprint density at radius 1 is 1.17 bits per heavy atom. The molecule has 0 saturated heterocycles. The zero-order valence-corrected chi connectivity index (χ0v) is 13.0. The van der Waals surface area contributed by atoms with Gasteiger partial charge in [0.1, 0.15) is 0 Å². The van der Waals surface area contributed by atoms with E-state index in [-0.39, 0.29) is 23.4 Å². The number of carbonyl (C=O) groups excluding carboxylic acids is 1. The fraction of sp³-hybridized carbons (Fsp3) is 0.333. The molecule has 1 amide bonds. The highest BCUT2D eigenvalue weighted by atomic mass is 16.1. The van der Waals surface area contributed by atoms with E-state index in [1.807, 2.05) is 13.0 Å². The van der Waals surface area contributed by atoms with Gasteiger partial charge < -0.3 is 16.0 Å². The van der Waals surface area contributed by atoms with Crippen molar-refractivity contribution in [3.8, 4) is 11.1 Å². The van der Waals surface area contributed by atoms with Crippen LogP contribution < -0.4 is 16.6 Å². The van der Waals surface area contributed by atoms with Gasteiger partial charge in [-0.3, -0.25) is 9.59 Å². The topological polar surface area (TPSA) is 88.0 Å². The average Bonchev–Trinajstić information content (AvgIpc) is 2.53. The van der Waals surface area contributed by atoms with Crippen molar-refractivity contribution in [3.05, 3.63) is 52.4 Å². The maximum absolute atomic E-state index is 12.3. The van der Waals surface area contributed by atoms with Crippen LogP contribution in [0, 0.1) is 18.1 Å². The van der Waals surface area contributed by atoms with E-state index in [1.165, 1.54) is 6.07 Å². The summed E-state index contributed by atoms with van der Waals surface area (Å²) in [5, 5.41) is 2.93. The van der Waals surface area contributed by atoms with Gasteiger partial charge in [-0.1, -0.05) is 25.5 Å². The van der Waals surface area contributed by atoms with Crippen molar-refractivity contribution in [2.75, 3.05) is 5.32 Å². The van der Waals surface area contributed by atoms with Crippen molar-refractivity contribution in [3.63, 3.8) is 0 Å². The molecule has 5 heteroatoms. The van der Waals surface area contributed by atoms with E-state index < -0.39 is 0 Å². The lowest BCUT2D eigenvalue weighted by atomic mass is 9.96. The Morgan fingerprint density at radius 2 is 1.96 bits per heavy atom. The second kappa shape index (κ2) is 6.27. The summed E-state index contributed by atoms with van der Waals surface area (Å²) in [6.07, 6.45) is 2.30. The van der Waals surface area contributed by atoms with Crippen molar-refractivity contribution in [2.45, 2.75) is 32.2 Å². The van der Waals surface area contributed by atoms with E-state index in [0.29, 0.717) is 16.9 Å². The molecule has 5 nitrogen and oxygen atoms in total. The number of aromatic amines is 1. The lowest BCUT2D eigenvalue weighted by Gasteiger charge is -2.18. The minimum absolute atomic E-state index is 0.0370. The third-order valence-corrected chi connectivity index (χ3v) is 4.24. The van der Waals surface area contributed by atoms with Crippen LogP contribution in [0.1, 0.15) is 37.9 Å². The van der Waals surface area contributed by atoms with Gasteiger partial charge in [-0.25, -0.2) is 0 Å². The Bertz CT molecular complexity index is 782. The molecule has 23 heavy (non-hydrogen) atoms. The van der Waals surface area contributed by atoms with E-state index in [4.69, 9.17) is 5.73 Å². The number of amides is 1. The van der Waals surface area contributed by atoms with E-state index in [2.05, 4.69) is 22.4 Å². The molecule has 2 aromatic rings. The molecule has 1 aliphatic heterocycles. The molecule has 2 bridgehead atoms. The first kappa shape index (κ1) is 15.3. The van der Waals surface area contributed by atoms with Crippen molar-refractivity contribution in [2.24, 2.45) is 11.7 Å². The zero-order valence-electron chi connectivity index (χ0n) is 13.0. The number of anilines is 1. The number of rotatable bonds is 0. The number of hydrogen-bond acceptors (Lipinski definition) is 3. The molecule has 0 saturated carbocycles. The Balaban J connectivity index is 2.15. The van der Waals surface area contributed by atoms with Gasteiger partial charge in [-0.2, -0.15) is 0 Å². The van der Waals surface area contributed by atoms with Gasteiger partial charge in [-0.15, -0.1) is 0 Å². The Kier molecular flexibility index (Phi) is 4.18. The number of pyridine rings is 1. The predicted octanol–water partition coefficient (Wildman–Crippen LogP) is 2.40. The molecule has 0 aliphatic carbocycles. The van der Waals surface area contributed by atoms with E-state index in [0.717, 1.165) is 24.8 Å². The van der Waals surface area contributed by atoms with Gasteiger partial charge in [0.25, 0.3) is 0 Å². The van der Waals surface area contributed by atoms with Crippen molar-refractivity contribution in [1.82, 2.24) is 4.98 Å². The normalized spacial score (nSPS) is 21.2. The fourth-order valence-corrected chi connectivity index (χ4v) is 2.83. The Morgan fingerprint density at radius 3 is 2.78 bits per heavy atom. The standard InChI is InChI=1S/C18H19N3O2/c1-11-5-4-7-14(19)16-9-12(10-17(22)20-16)13-6-2-3-8-15(13)21-18(11)23/h6,8-11,14H,4-5,7,19H2,1H3,(H,20,22)(H,21,23). The molecule has 4 N–H and O–H groups in total. The summed E-state index contributed by atoms with van der Waals surface area (Å²) in [5.74, 6) is -0.138. The Labute approximate surface area is 134 Å². The van der Waals surface area contributed by atoms with Gasteiger partial charge in [0.2, 0.25) is 11.5 Å². The van der Waals surface area contributed by atoms with Crippen LogP contribution in [0.5, 0.6) is 0 Å². The molecule has 3 rings (SSSR count). The fourth-order valence-electron chi connectivity index (χ4n) is 2.83. The van der Waals surface area contributed by atoms with Gasteiger partial charge >= 0.3 is 0 Å². The third-order valence-electron chi connectivity index (χ3n) is 4.24. The highest BCUT2D eigenvalue weighted by Gasteiger charge is 2.18. The largest absolute Gasteiger partial charge is 0.325 e. The van der Waals surface area contributed by atoms with Crippen LogP contribution in [0.4, 0.5) is 5.69 Å². The molecular weight excluding hydrogens is 290 g/mol. The zero-order chi connectivity index (χ0) is 16.4. The van der Waals surface area contributed by atoms with Gasteiger partial charge in [0, 0.05) is 35.3 Å². The molecular formula is C18H19N3O2. The summed E-state index contributed by atoms with van der Waals surface area (Å²) in [6.45, 7) is 1.91. The number of carbonyl (C=O) groups is 1. The molecule has 1 aromatic carbocycles. The first-order valence-electron chi connectivity index (χ1n) is 7.77. The maximum Gasteiger partial charge on any atom is 0.248 e. The summed E-state index contributed by atoms with van der Waals surface area (Å²) in [5.41, 5.74) is 8.80. The first-order valence-corrected chi connectivity index (χ1v) is 7.77. The summed E-state index contributed by atoms with van der Waals surface area (Å²) in [4.78, 5) is 27.1. The maximum atomic E-state index is 12.3. The summed E-state index contributed by atoms with van der Waals surface area (Å²) in [6, 6.07) is 12.2. The second-order valence-corrected chi connectivity index (χ2v) is 6.02. The molecule has 1 aliphatic rings. The monoisotopic (exact) mass is 309 g/mol. The van der Waals surface area contributed by atoms with Crippen LogP contribution in [0.25, 0.3) is 11.1 Å². The second-order valence-electron chi connectivity index (χ2n) is 6.02. The number of nitrogens with one attached hydrogen (secondary N) is 2. The molecule has 118 valence electrons. The molecule has 0 fully saturated rings. The number of fused-ring (bicyclic) bond motifs is 4. The molecule has 2 atom stereocenters.